The number of nitrogens with zero attached hydrogens (tertiary/aromatic N) is 1. The smallest absolute Gasteiger partial charge is 0.258 e. The number of non-ortho nitro benzene ring substituents is 1. The summed E-state index contributed by atoms with van der Waals surface area (Å²) in [5.41, 5.74) is 1.73. The second-order valence-electron chi connectivity index (χ2n) is 2.54. The van der Waals surface area contributed by atoms with E-state index < -0.39 is 4.92 Å². The van der Waals surface area contributed by atoms with Crippen LogP contribution in [-0.4, -0.2) is 10.3 Å². The largest absolute Gasteiger partial charge is 0.270 e. The Morgan fingerprint density at radius 3 is 2.85 bits per heavy atom. The molecule has 0 fully saturated rings. The van der Waals surface area contributed by atoms with Crippen LogP contribution >= 0.6 is 15.9 Å². The van der Waals surface area contributed by atoms with Crippen molar-refractivity contribution in [2.45, 2.75) is 0 Å². The van der Waals surface area contributed by atoms with Crippen molar-refractivity contribution in [1.29, 1.82) is 0 Å². The van der Waals surface area contributed by atoms with Gasteiger partial charge in [0.15, 0.2) is 0 Å². The molecule has 0 radical (unpaired) electrons. The molecule has 1 rings (SSSR count). The van der Waals surface area contributed by atoms with Gasteiger partial charge in [-0.05, 0) is 11.1 Å². The molecule has 0 atom stereocenters. The first-order valence-electron chi connectivity index (χ1n) is 3.63. The van der Waals surface area contributed by atoms with E-state index in [0.717, 1.165) is 11.1 Å². The van der Waals surface area contributed by atoms with Crippen LogP contribution in [0, 0.1) is 10.1 Å². The number of halogens is 1. The van der Waals surface area contributed by atoms with Crippen LogP contribution in [0.3, 0.4) is 0 Å². The number of alkyl halides is 1. The predicted molar refractivity (Wildman–Crippen MR) is 55.9 cm³/mol. The molecule has 13 heavy (non-hydrogen) atoms. The van der Waals surface area contributed by atoms with Crippen molar-refractivity contribution in [3.63, 3.8) is 0 Å². The van der Waals surface area contributed by atoms with E-state index in [2.05, 4.69) is 22.5 Å². The second kappa shape index (κ2) is 4.18. The van der Waals surface area contributed by atoms with Crippen LogP contribution < -0.4 is 0 Å². The van der Waals surface area contributed by atoms with E-state index in [4.69, 9.17) is 0 Å². The van der Waals surface area contributed by atoms with Crippen LogP contribution in [-0.2, 0) is 0 Å². The van der Waals surface area contributed by atoms with Crippen LogP contribution in [0.25, 0.3) is 5.57 Å². The lowest BCUT2D eigenvalue weighted by molar-refractivity contribution is -0.384. The molecule has 0 spiro atoms. The van der Waals surface area contributed by atoms with Gasteiger partial charge in [0.05, 0.1) is 4.92 Å². The summed E-state index contributed by atoms with van der Waals surface area (Å²) in [7, 11) is 0. The van der Waals surface area contributed by atoms with E-state index in [0.29, 0.717) is 5.33 Å². The summed E-state index contributed by atoms with van der Waals surface area (Å²) in [6.45, 7) is 3.77. The van der Waals surface area contributed by atoms with Crippen molar-refractivity contribution in [1.82, 2.24) is 0 Å². The number of nitro benzene ring substituents is 1. The minimum atomic E-state index is -0.412. The Morgan fingerprint density at radius 1 is 1.62 bits per heavy atom. The molecule has 0 bridgehead atoms. The Balaban J connectivity index is 3.05. The first-order chi connectivity index (χ1) is 6.15. The maximum Gasteiger partial charge on any atom is 0.270 e. The number of allylic oxidation sites excluding steroid dienone is 1. The fourth-order valence-corrected chi connectivity index (χ4v) is 1.24. The summed E-state index contributed by atoms with van der Waals surface area (Å²) in [5, 5.41) is 11.0. The predicted octanol–water partition coefficient (Wildman–Crippen LogP) is 3.00. The van der Waals surface area contributed by atoms with Gasteiger partial charge >= 0.3 is 0 Å². The first kappa shape index (κ1) is 9.92. The summed E-state index contributed by atoms with van der Waals surface area (Å²) < 4.78 is 0. The lowest BCUT2D eigenvalue weighted by Gasteiger charge is -2.00. The van der Waals surface area contributed by atoms with Crippen molar-refractivity contribution in [2.24, 2.45) is 0 Å². The van der Waals surface area contributed by atoms with Crippen molar-refractivity contribution in [3.8, 4) is 0 Å². The number of hydrogen-bond donors (Lipinski definition) is 0. The molecule has 0 unspecified atom stereocenters. The van der Waals surface area contributed by atoms with Crippen molar-refractivity contribution >= 4 is 27.2 Å². The van der Waals surface area contributed by atoms with E-state index in [1.807, 2.05) is 0 Å². The maximum atomic E-state index is 10.4. The molecule has 0 amide bonds. The fraction of sp³-hybridized carbons (Fsp3) is 0.111. The Labute approximate surface area is 84.4 Å². The molecule has 0 aromatic heterocycles. The molecule has 3 nitrogen and oxygen atoms in total. The van der Waals surface area contributed by atoms with Crippen molar-refractivity contribution in [2.75, 3.05) is 5.33 Å². The highest BCUT2D eigenvalue weighted by Gasteiger charge is 2.06. The van der Waals surface area contributed by atoms with Gasteiger partial charge in [-0.25, -0.2) is 0 Å². The molecular weight excluding hydrogens is 234 g/mol. The summed E-state index contributed by atoms with van der Waals surface area (Å²) in [4.78, 5) is 10.0. The van der Waals surface area contributed by atoms with Crippen molar-refractivity contribution in [3.05, 3.63) is 46.5 Å². The average Bonchev–Trinajstić information content (AvgIpc) is 2.17. The molecule has 1 aromatic rings. The number of rotatable bonds is 3. The molecular formula is C9H8BrNO2. The van der Waals surface area contributed by atoms with E-state index in [9.17, 15) is 10.1 Å². The first-order valence-corrected chi connectivity index (χ1v) is 4.76. The highest BCUT2D eigenvalue weighted by atomic mass is 79.9. The van der Waals surface area contributed by atoms with Gasteiger partial charge in [-0.2, -0.15) is 0 Å². The standard InChI is InChI=1S/C9H8BrNO2/c1-7(6-10)8-3-2-4-9(5-8)11(12)13/h2-5H,1,6H2. The Morgan fingerprint density at radius 2 is 2.31 bits per heavy atom. The molecule has 68 valence electrons. The van der Waals surface area contributed by atoms with Crippen LogP contribution in [0.1, 0.15) is 5.56 Å². The maximum absolute atomic E-state index is 10.4. The summed E-state index contributed by atoms with van der Waals surface area (Å²) in [6.07, 6.45) is 0. The molecule has 0 saturated heterocycles. The monoisotopic (exact) mass is 241 g/mol. The van der Waals surface area contributed by atoms with Gasteiger partial charge in [-0.1, -0.05) is 34.6 Å². The quantitative estimate of drug-likeness (QED) is 0.464. The highest BCUT2D eigenvalue weighted by Crippen LogP contribution is 2.19. The highest BCUT2D eigenvalue weighted by molar-refractivity contribution is 9.09. The van der Waals surface area contributed by atoms with E-state index in [1.54, 1.807) is 12.1 Å². The second-order valence-corrected chi connectivity index (χ2v) is 3.11. The molecule has 0 saturated carbocycles. The van der Waals surface area contributed by atoms with Gasteiger partial charge in [0, 0.05) is 17.5 Å². The summed E-state index contributed by atoms with van der Waals surface area (Å²) in [6, 6.07) is 6.44. The van der Waals surface area contributed by atoms with Crippen LogP contribution in [0.4, 0.5) is 5.69 Å². The van der Waals surface area contributed by atoms with Gasteiger partial charge in [0.1, 0.15) is 0 Å². The molecule has 0 heterocycles. The van der Waals surface area contributed by atoms with E-state index in [1.165, 1.54) is 12.1 Å². The van der Waals surface area contributed by atoms with Crippen LogP contribution in [0.2, 0.25) is 0 Å². The third-order valence-electron chi connectivity index (χ3n) is 1.63. The van der Waals surface area contributed by atoms with Gasteiger partial charge in [0.2, 0.25) is 0 Å². The minimum Gasteiger partial charge on any atom is -0.258 e. The fourth-order valence-electron chi connectivity index (χ4n) is 0.917. The normalized spacial score (nSPS) is 9.62. The van der Waals surface area contributed by atoms with Gasteiger partial charge < -0.3 is 0 Å². The Hall–Kier alpha value is -1.16. The van der Waals surface area contributed by atoms with Gasteiger partial charge in [-0.15, -0.1) is 0 Å². The summed E-state index contributed by atoms with van der Waals surface area (Å²) in [5.74, 6) is 0. The molecule has 0 aliphatic rings. The van der Waals surface area contributed by atoms with Gasteiger partial charge in [0.25, 0.3) is 5.69 Å². The van der Waals surface area contributed by atoms with Crippen molar-refractivity contribution < 1.29 is 4.92 Å². The summed E-state index contributed by atoms with van der Waals surface area (Å²) >= 11 is 3.24. The SMILES string of the molecule is C=C(CBr)c1cccc([N+](=O)[O-])c1. The van der Waals surface area contributed by atoms with Gasteiger partial charge in [-0.3, -0.25) is 10.1 Å². The molecule has 0 aliphatic carbocycles. The zero-order chi connectivity index (χ0) is 9.84. The van der Waals surface area contributed by atoms with Crippen LogP contribution in [0.15, 0.2) is 30.8 Å². The molecule has 0 aliphatic heterocycles. The minimum absolute atomic E-state index is 0.0969. The van der Waals surface area contributed by atoms with E-state index in [-0.39, 0.29) is 5.69 Å². The Kier molecular flexibility index (Phi) is 3.19. The third-order valence-corrected chi connectivity index (χ3v) is 2.30. The molecule has 0 N–H and O–H groups in total. The van der Waals surface area contributed by atoms with E-state index >= 15 is 0 Å². The average molecular weight is 242 g/mol. The Bertz CT molecular complexity index is 349. The van der Waals surface area contributed by atoms with Crippen LogP contribution in [0.5, 0.6) is 0 Å². The zero-order valence-electron chi connectivity index (χ0n) is 6.87. The zero-order valence-corrected chi connectivity index (χ0v) is 8.45. The third kappa shape index (κ3) is 2.39. The lowest BCUT2D eigenvalue weighted by atomic mass is 10.1. The molecule has 1 aromatic carbocycles. The number of nitro groups is 1. The number of hydrogen-bond acceptors (Lipinski definition) is 2. The number of benzene rings is 1. The lowest BCUT2D eigenvalue weighted by Crippen LogP contribution is -1.90. The molecule has 4 heteroatoms. The topological polar surface area (TPSA) is 43.1 Å².